The highest BCUT2D eigenvalue weighted by molar-refractivity contribution is 7.90. The summed E-state index contributed by atoms with van der Waals surface area (Å²) in [6.45, 7) is 1.80. The van der Waals surface area contributed by atoms with Crippen molar-refractivity contribution in [1.29, 1.82) is 0 Å². The first-order chi connectivity index (χ1) is 6.91. The van der Waals surface area contributed by atoms with Gasteiger partial charge in [-0.1, -0.05) is 13.3 Å². The number of ether oxygens (including phenoxy) is 1. The summed E-state index contributed by atoms with van der Waals surface area (Å²) in [6.07, 6.45) is 0.558. The maximum absolute atomic E-state index is 11.2. The number of methoxy groups -OCH3 is 1. The molecule has 0 amide bonds. The number of sulfonamides is 1. The van der Waals surface area contributed by atoms with Gasteiger partial charge in [0.2, 0.25) is 10.0 Å². The van der Waals surface area contributed by atoms with E-state index >= 15 is 0 Å². The van der Waals surface area contributed by atoms with E-state index in [2.05, 4.69) is 9.46 Å². The van der Waals surface area contributed by atoms with Crippen LogP contribution in [-0.4, -0.2) is 45.0 Å². The van der Waals surface area contributed by atoms with E-state index in [0.717, 1.165) is 13.5 Å². The Bertz CT molecular complexity index is 287. The van der Waals surface area contributed by atoms with E-state index in [1.807, 2.05) is 6.92 Å². The molecule has 0 bridgehead atoms. The SMILES string of the molecule is CCCC(O)CNS(=O)(=O)CC(=O)OC. The molecule has 0 saturated heterocycles. The van der Waals surface area contributed by atoms with E-state index in [1.54, 1.807) is 0 Å². The Morgan fingerprint density at radius 3 is 2.60 bits per heavy atom. The summed E-state index contributed by atoms with van der Waals surface area (Å²) in [4.78, 5) is 10.7. The van der Waals surface area contributed by atoms with E-state index in [1.165, 1.54) is 0 Å². The minimum atomic E-state index is -3.69. The lowest BCUT2D eigenvalue weighted by Crippen LogP contribution is -2.36. The van der Waals surface area contributed by atoms with Gasteiger partial charge < -0.3 is 9.84 Å². The highest BCUT2D eigenvalue weighted by Crippen LogP contribution is 1.95. The van der Waals surface area contributed by atoms with Gasteiger partial charge in [-0.25, -0.2) is 13.1 Å². The minimum absolute atomic E-state index is 0.0762. The predicted octanol–water partition coefficient (Wildman–Crippen LogP) is -0.760. The van der Waals surface area contributed by atoms with Crippen LogP contribution in [0.15, 0.2) is 0 Å². The molecule has 2 N–H and O–H groups in total. The lowest BCUT2D eigenvalue weighted by molar-refractivity contribution is -0.137. The molecule has 0 aliphatic rings. The van der Waals surface area contributed by atoms with Crippen LogP contribution in [0, 0.1) is 0 Å². The van der Waals surface area contributed by atoms with Crippen molar-refractivity contribution in [2.24, 2.45) is 0 Å². The summed E-state index contributed by atoms with van der Waals surface area (Å²) in [5.41, 5.74) is 0. The summed E-state index contributed by atoms with van der Waals surface area (Å²) in [7, 11) is -2.58. The third-order valence-electron chi connectivity index (χ3n) is 1.70. The molecule has 0 radical (unpaired) electrons. The van der Waals surface area contributed by atoms with Crippen LogP contribution in [0.5, 0.6) is 0 Å². The topological polar surface area (TPSA) is 92.7 Å². The molecule has 0 fully saturated rings. The number of aliphatic hydroxyl groups is 1. The maximum Gasteiger partial charge on any atom is 0.322 e. The van der Waals surface area contributed by atoms with Crippen molar-refractivity contribution >= 4 is 16.0 Å². The zero-order valence-electron chi connectivity index (χ0n) is 8.89. The summed E-state index contributed by atoms with van der Waals surface area (Å²) < 4.78 is 28.7. The van der Waals surface area contributed by atoms with Gasteiger partial charge in [0.05, 0.1) is 13.2 Å². The second-order valence-corrected chi connectivity index (χ2v) is 4.93. The summed E-state index contributed by atoms with van der Waals surface area (Å²) in [6, 6.07) is 0. The van der Waals surface area contributed by atoms with Gasteiger partial charge in [-0.2, -0.15) is 0 Å². The van der Waals surface area contributed by atoms with Crippen LogP contribution in [0.25, 0.3) is 0 Å². The van der Waals surface area contributed by atoms with Crippen molar-refractivity contribution in [2.75, 3.05) is 19.4 Å². The maximum atomic E-state index is 11.2. The van der Waals surface area contributed by atoms with Gasteiger partial charge in [0, 0.05) is 6.54 Å². The highest BCUT2D eigenvalue weighted by Gasteiger charge is 2.17. The van der Waals surface area contributed by atoms with Crippen LogP contribution in [0.2, 0.25) is 0 Å². The number of aliphatic hydroxyl groups excluding tert-OH is 1. The van der Waals surface area contributed by atoms with Crippen molar-refractivity contribution < 1.29 is 23.1 Å². The summed E-state index contributed by atoms with van der Waals surface area (Å²) in [5, 5.41) is 9.26. The van der Waals surface area contributed by atoms with Gasteiger partial charge in [0.1, 0.15) is 0 Å². The Morgan fingerprint density at radius 1 is 1.53 bits per heavy atom. The number of hydrogen-bond acceptors (Lipinski definition) is 5. The standard InChI is InChI=1S/C8H17NO5S/c1-3-4-7(10)5-9-15(12,13)6-8(11)14-2/h7,9-10H,3-6H2,1-2H3. The van der Waals surface area contributed by atoms with Crippen LogP contribution < -0.4 is 4.72 Å². The van der Waals surface area contributed by atoms with E-state index in [-0.39, 0.29) is 6.54 Å². The normalized spacial score (nSPS) is 13.5. The average molecular weight is 239 g/mol. The van der Waals surface area contributed by atoms with Gasteiger partial charge in [-0.3, -0.25) is 4.79 Å². The number of hydrogen-bond donors (Lipinski definition) is 2. The van der Waals surface area contributed by atoms with Crippen LogP contribution in [0.1, 0.15) is 19.8 Å². The second-order valence-electron chi connectivity index (χ2n) is 3.13. The number of carbonyl (C=O) groups excluding carboxylic acids is 1. The fourth-order valence-corrected chi connectivity index (χ4v) is 1.90. The van der Waals surface area contributed by atoms with Crippen molar-refractivity contribution in [1.82, 2.24) is 4.72 Å². The van der Waals surface area contributed by atoms with E-state index in [4.69, 9.17) is 0 Å². The van der Waals surface area contributed by atoms with Crippen molar-refractivity contribution in [3.63, 3.8) is 0 Å². The molecular weight excluding hydrogens is 222 g/mol. The molecule has 0 rings (SSSR count). The fourth-order valence-electron chi connectivity index (χ4n) is 0.924. The van der Waals surface area contributed by atoms with Crippen LogP contribution in [-0.2, 0) is 19.6 Å². The third-order valence-corrected chi connectivity index (χ3v) is 2.92. The monoisotopic (exact) mass is 239 g/mol. The molecule has 15 heavy (non-hydrogen) atoms. The van der Waals surface area contributed by atoms with Gasteiger partial charge >= 0.3 is 5.97 Å². The largest absolute Gasteiger partial charge is 0.468 e. The molecule has 0 aromatic carbocycles. The molecule has 7 heteroatoms. The Morgan fingerprint density at radius 2 is 2.13 bits per heavy atom. The first kappa shape index (κ1) is 14.3. The number of rotatable bonds is 7. The zero-order chi connectivity index (χ0) is 11.9. The van der Waals surface area contributed by atoms with Gasteiger partial charge in [0.25, 0.3) is 0 Å². The fraction of sp³-hybridized carbons (Fsp3) is 0.875. The molecule has 0 aliphatic heterocycles. The molecule has 1 atom stereocenters. The van der Waals surface area contributed by atoms with Gasteiger partial charge in [0.15, 0.2) is 5.75 Å². The lowest BCUT2D eigenvalue weighted by Gasteiger charge is -2.10. The Labute approximate surface area is 89.7 Å². The third kappa shape index (κ3) is 7.29. The van der Waals surface area contributed by atoms with E-state index in [9.17, 15) is 18.3 Å². The van der Waals surface area contributed by atoms with Crippen LogP contribution in [0.4, 0.5) is 0 Å². The molecule has 0 saturated carbocycles. The second kappa shape index (κ2) is 6.76. The number of carbonyl (C=O) groups is 1. The minimum Gasteiger partial charge on any atom is -0.468 e. The Kier molecular flexibility index (Phi) is 6.46. The molecule has 90 valence electrons. The smallest absolute Gasteiger partial charge is 0.322 e. The van der Waals surface area contributed by atoms with Gasteiger partial charge in [-0.05, 0) is 6.42 Å². The lowest BCUT2D eigenvalue weighted by atomic mass is 10.2. The van der Waals surface area contributed by atoms with Crippen molar-refractivity contribution in [3.05, 3.63) is 0 Å². The van der Waals surface area contributed by atoms with E-state index < -0.39 is 27.8 Å². The molecule has 0 heterocycles. The molecule has 1 unspecified atom stereocenters. The number of nitrogens with one attached hydrogen (secondary N) is 1. The van der Waals surface area contributed by atoms with Crippen molar-refractivity contribution in [2.45, 2.75) is 25.9 Å². The Balaban J connectivity index is 3.99. The zero-order valence-corrected chi connectivity index (χ0v) is 9.71. The van der Waals surface area contributed by atoms with Crippen LogP contribution in [0.3, 0.4) is 0 Å². The first-order valence-electron chi connectivity index (χ1n) is 4.63. The molecule has 0 aromatic heterocycles. The molecule has 0 spiro atoms. The number of esters is 1. The Hall–Kier alpha value is -0.660. The van der Waals surface area contributed by atoms with Gasteiger partial charge in [-0.15, -0.1) is 0 Å². The summed E-state index contributed by atoms with van der Waals surface area (Å²) in [5.74, 6) is -1.55. The molecule has 0 aromatic rings. The quantitative estimate of drug-likeness (QED) is 0.570. The highest BCUT2D eigenvalue weighted by atomic mass is 32.2. The molecule has 0 aliphatic carbocycles. The predicted molar refractivity (Wildman–Crippen MR) is 54.7 cm³/mol. The van der Waals surface area contributed by atoms with Crippen LogP contribution >= 0.6 is 0 Å². The van der Waals surface area contributed by atoms with Crippen molar-refractivity contribution in [3.8, 4) is 0 Å². The summed E-state index contributed by atoms with van der Waals surface area (Å²) >= 11 is 0. The molecular formula is C8H17NO5S. The average Bonchev–Trinajstić information content (AvgIpc) is 2.15. The first-order valence-corrected chi connectivity index (χ1v) is 6.28. The molecule has 6 nitrogen and oxygen atoms in total. The van der Waals surface area contributed by atoms with E-state index in [0.29, 0.717) is 6.42 Å².